The van der Waals surface area contributed by atoms with Gasteiger partial charge in [0.25, 0.3) is 0 Å². The van der Waals surface area contributed by atoms with Crippen LogP contribution in [0.2, 0.25) is 0 Å². The van der Waals surface area contributed by atoms with Crippen LogP contribution in [-0.2, 0) is 0 Å². The van der Waals surface area contributed by atoms with Gasteiger partial charge < -0.3 is 5.73 Å². The fraction of sp³-hybridized carbons (Fsp3) is 0.176. The van der Waals surface area contributed by atoms with Crippen molar-refractivity contribution >= 4 is 17.8 Å². The zero-order chi connectivity index (χ0) is 13.5. The average molecular weight is 269 g/mol. The number of hydrogen-bond acceptors (Lipinski definition) is 2. The molecular formula is C17H19NS. The van der Waals surface area contributed by atoms with Gasteiger partial charge in [0, 0.05) is 16.7 Å². The number of nitrogens with two attached hydrogens (primary N) is 1. The summed E-state index contributed by atoms with van der Waals surface area (Å²) in [6, 6.07) is 18.9. The van der Waals surface area contributed by atoms with E-state index in [4.69, 9.17) is 5.73 Å². The van der Waals surface area contributed by atoms with Crippen molar-refractivity contribution < 1.29 is 0 Å². The fourth-order valence-electron chi connectivity index (χ4n) is 1.78. The molecule has 1 nitrogen and oxygen atoms in total. The molecule has 0 saturated heterocycles. The third-order valence-electron chi connectivity index (χ3n) is 2.84. The summed E-state index contributed by atoms with van der Waals surface area (Å²) in [6.07, 6.45) is 4.35. The van der Waals surface area contributed by atoms with E-state index in [2.05, 4.69) is 60.7 Å². The van der Waals surface area contributed by atoms with Crippen LogP contribution in [0.1, 0.15) is 24.1 Å². The van der Waals surface area contributed by atoms with Gasteiger partial charge in [-0.25, -0.2) is 0 Å². The third kappa shape index (κ3) is 4.58. The number of thioether (sulfide) groups is 1. The molecule has 0 heterocycles. The van der Waals surface area contributed by atoms with Crippen molar-refractivity contribution in [1.82, 2.24) is 0 Å². The highest BCUT2D eigenvalue weighted by molar-refractivity contribution is 7.99. The van der Waals surface area contributed by atoms with Gasteiger partial charge in [-0.2, -0.15) is 0 Å². The number of rotatable bonds is 5. The second kappa shape index (κ2) is 7.17. The molecule has 1 atom stereocenters. The van der Waals surface area contributed by atoms with Gasteiger partial charge in [-0.15, -0.1) is 11.8 Å². The molecule has 0 fully saturated rings. The molecule has 0 aromatic heterocycles. The normalized spacial score (nSPS) is 12.7. The van der Waals surface area contributed by atoms with Crippen molar-refractivity contribution in [3.63, 3.8) is 0 Å². The molecule has 0 aliphatic carbocycles. The van der Waals surface area contributed by atoms with Crippen LogP contribution >= 0.6 is 11.8 Å². The Morgan fingerprint density at radius 1 is 1.11 bits per heavy atom. The van der Waals surface area contributed by atoms with E-state index in [9.17, 15) is 0 Å². The van der Waals surface area contributed by atoms with Gasteiger partial charge in [-0.05, 0) is 30.2 Å². The van der Waals surface area contributed by atoms with Crippen LogP contribution in [0.4, 0.5) is 0 Å². The Bertz CT molecular complexity index is 532. The molecule has 2 heteroatoms. The molecule has 19 heavy (non-hydrogen) atoms. The van der Waals surface area contributed by atoms with Crippen molar-refractivity contribution in [1.29, 1.82) is 0 Å². The SMILES string of the molecule is CC(N)c1cccc(SCC=Cc2ccccc2)c1. The van der Waals surface area contributed by atoms with E-state index in [-0.39, 0.29) is 6.04 Å². The average Bonchev–Trinajstić information content (AvgIpc) is 2.45. The molecule has 0 radical (unpaired) electrons. The molecule has 2 aromatic rings. The first-order chi connectivity index (χ1) is 9.25. The van der Waals surface area contributed by atoms with Crippen molar-refractivity contribution in [3.8, 4) is 0 Å². The van der Waals surface area contributed by atoms with Crippen molar-refractivity contribution in [2.24, 2.45) is 5.73 Å². The molecule has 0 saturated carbocycles. The van der Waals surface area contributed by atoms with Crippen LogP contribution in [0.15, 0.2) is 65.6 Å². The molecule has 2 aromatic carbocycles. The Morgan fingerprint density at radius 3 is 2.63 bits per heavy atom. The van der Waals surface area contributed by atoms with E-state index >= 15 is 0 Å². The predicted octanol–water partition coefficient (Wildman–Crippen LogP) is 4.51. The molecule has 1 unspecified atom stereocenters. The van der Waals surface area contributed by atoms with Gasteiger partial charge in [0.05, 0.1) is 0 Å². The first-order valence-electron chi connectivity index (χ1n) is 6.45. The van der Waals surface area contributed by atoms with Crippen LogP contribution in [0, 0.1) is 0 Å². The van der Waals surface area contributed by atoms with Crippen LogP contribution < -0.4 is 5.73 Å². The van der Waals surface area contributed by atoms with Crippen molar-refractivity contribution in [2.75, 3.05) is 5.75 Å². The van der Waals surface area contributed by atoms with E-state index in [1.165, 1.54) is 16.0 Å². The highest BCUT2D eigenvalue weighted by Gasteiger charge is 2.00. The molecule has 0 aliphatic rings. The predicted molar refractivity (Wildman–Crippen MR) is 85.2 cm³/mol. The summed E-state index contributed by atoms with van der Waals surface area (Å²) in [5.74, 6) is 0.970. The van der Waals surface area contributed by atoms with E-state index < -0.39 is 0 Å². The van der Waals surface area contributed by atoms with Gasteiger partial charge in [0.15, 0.2) is 0 Å². The maximum atomic E-state index is 5.89. The molecule has 98 valence electrons. The van der Waals surface area contributed by atoms with E-state index in [1.807, 2.05) is 24.8 Å². The molecule has 2 N–H and O–H groups in total. The molecule has 0 amide bonds. The lowest BCUT2D eigenvalue weighted by atomic mass is 10.1. The summed E-state index contributed by atoms with van der Waals surface area (Å²) in [6.45, 7) is 2.01. The second-order valence-corrected chi connectivity index (χ2v) is 5.58. The molecule has 0 spiro atoms. The van der Waals surface area contributed by atoms with Gasteiger partial charge >= 0.3 is 0 Å². The first kappa shape index (κ1) is 13.9. The summed E-state index contributed by atoms with van der Waals surface area (Å²) < 4.78 is 0. The minimum atomic E-state index is 0.0976. The fourth-order valence-corrected chi connectivity index (χ4v) is 2.56. The molecule has 0 aliphatic heterocycles. The first-order valence-corrected chi connectivity index (χ1v) is 7.44. The van der Waals surface area contributed by atoms with Crippen molar-refractivity contribution in [2.45, 2.75) is 17.9 Å². The van der Waals surface area contributed by atoms with Crippen LogP contribution in [0.25, 0.3) is 6.08 Å². The zero-order valence-corrected chi connectivity index (χ0v) is 11.9. The van der Waals surface area contributed by atoms with E-state index in [1.54, 1.807) is 0 Å². The Labute approximate surface area is 119 Å². The lowest BCUT2D eigenvalue weighted by molar-refractivity contribution is 0.815. The Kier molecular flexibility index (Phi) is 5.25. The largest absolute Gasteiger partial charge is 0.324 e. The van der Waals surface area contributed by atoms with Gasteiger partial charge in [-0.3, -0.25) is 0 Å². The minimum absolute atomic E-state index is 0.0976. The lowest BCUT2D eigenvalue weighted by Crippen LogP contribution is -2.04. The summed E-state index contributed by atoms with van der Waals surface area (Å²) in [7, 11) is 0. The van der Waals surface area contributed by atoms with Crippen molar-refractivity contribution in [3.05, 3.63) is 71.8 Å². The number of hydrogen-bond donors (Lipinski definition) is 1. The molecule has 0 bridgehead atoms. The summed E-state index contributed by atoms with van der Waals surface area (Å²) >= 11 is 1.83. The second-order valence-electron chi connectivity index (χ2n) is 4.49. The smallest absolute Gasteiger partial charge is 0.0266 e. The molecule has 2 rings (SSSR count). The van der Waals surface area contributed by atoms with E-state index in [0.717, 1.165) is 5.75 Å². The lowest BCUT2D eigenvalue weighted by Gasteiger charge is -2.07. The highest BCUT2D eigenvalue weighted by Crippen LogP contribution is 2.21. The Morgan fingerprint density at radius 2 is 1.89 bits per heavy atom. The van der Waals surface area contributed by atoms with Crippen LogP contribution in [0.5, 0.6) is 0 Å². The molecular weight excluding hydrogens is 250 g/mol. The number of benzene rings is 2. The Balaban J connectivity index is 1.89. The summed E-state index contributed by atoms with van der Waals surface area (Å²) in [5, 5.41) is 0. The Hall–Kier alpha value is -1.51. The standard InChI is InChI=1S/C17H19NS/c1-14(18)16-10-5-11-17(13-16)19-12-6-9-15-7-3-2-4-8-15/h2-11,13-14H,12,18H2,1H3. The van der Waals surface area contributed by atoms with Gasteiger partial charge in [0.1, 0.15) is 0 Å². The van der Waals surface area contributed by atoms with E-state index in [0.29, 0.717) is 0 Å². The highest BCUT2D eigenvalue weighted by atomic mass is 32.2. The minimum Gasteiger partial charge on any atom is -0.324 e. The van der Waals surface area contributed by atoms with Crippen LogP contribution in [-0.4, -0.2) is 5.75 Å². The summed E-state index contributed by atoms with van der Waals surface area (Å²) in [4.78, 5) is 1.27. The maximum absolute atomic E-state index is 5.89. The van der Waals surface area contributed by atoms with Gasteiger partial charge in [-0.1, -0.05) is 54.6 Å². The topological polar surface area (TPSA) is 26.0 Å². The maximum Gasteiger partial charge on any atom is 0.0266 e. The van der Waals surface area contributed by atoms with Gasteiger partial charge in [0.2, 0.25) is 0 Å². The monoisotopic (exact) mass is 269 g/mol. The third-order valence-corrected chi connectivity index (χ3v) is 3.79. The van der Waals surface area contributed by atoms with Crippen LogP contribution in [0.3, 0.4) is 0 Å². The summed E-state index contributed by atoms with van der Waals surface area (Å²) in [5.41, 5.74) is 8.32. The quantitative estimate of drug-likeness (QED) is 0.808. The zero-order valence-electron chi connectivity index (χ0n) is 11.1.